The van der Waals surface area contributed by atoms with Gasteiger partial charge in [-0.05, 0) is 24.0 Å². The normalized spacial score (nSPS) is 11.0. The molecule has 2 aromatic rings. The van der Waals surface area contributed by atoms with Crippen LogP contribution in [0.4, 0.5) is 0 Å². The molecule has 0 aliphatic heterocycles. The van der Waals surface area contributed by atoms with Crippen LogP contribution in [-0.2, 0) is 4.74 Å². The first-order chi connectivity index (χ1) is 10.9. The van der Waals surface area contributed by atoms with Crippen molar-refractivity contribution in [3.63, 3.8) is 0 Å². The highest BCUT2D eigenvalue weighted by Crippen LogP contribution is 2.20. The quantitative estimate of drug-likeness (QED) is 0.518. The van der Waals surface area contributed by atoms with E-state index in [1.165, 1.54) is 11.1 Å². The average Bonchev–Trinajstić information content (AvgIpc) is 2.59. The maximum atomic E-state index is 5.49. The van der Waals surface area contributed by atoms with Gasteiger partial charge in [-0.15, -0.1) is 0 Å². The number of benzene rings is 2. The van der Waals surface area contributed by atoms with Gasteiger partial charge in [0.15, 0.2) is 0 Å². The van der Waals surface area contributed by atoms with Crippen molar-refractivity contribution in [3.8, 4) is 0 Å². The molecule has 3 nitrogen and oxygen atoms in total. The van der Waals surface area contributed by atoms with Crippen LogP contribution in [0.25, 0.3) is 0 Å². The molecule has 0 aliphatic carbocycles. The van der Waals surface area contributed by atoms with E-state index in [1.54, 1.807) is 0 Å². The Labute approximate surface area is 133 Å². The molecule has 0 bridgehead atoms. The maximum Gasteiger partial charge on any atom is 0.0712 e. The lowest BCUT2D eigenvalue weighted by molar-refractivity contribution is 0.131. The van der Waals surface area contributed by atoms with Crippen molar-refractivity contribution < 1.29 is 4.74 Å². The van der Waals surface area contributed by atoms with Crippen molar-refractivity contribution in [1.82, 2.24) is 10.9 Å². The third-order valence-corrected chi connectivity index (χ3v) is 3.45. The van der Waals surface area contributed by atoms with Crippen molar-refractivity contribution in [2.24, 2.45) is 0 Å². The fourth-order valence-electron chi connectivity index (χ4n) is 2.33. The second kappa shape index (κ2) is 10.1. The molecule has 0 amide bonds. The maximum absolute atomic E-state index is 5.49. The van der Waals surface area contributed by atoms with Crippen LogP contribution >= 0.6 is 0 Å². The third kappa shape index (κ3) is 5.60. The number of hydrazine groups is 1. The van der Waals surface area contributed by atoms with Crippen LogP contribution < -0.4 is 10.9 Å². The summed E-state index contributed by atoms with van der Waals surface area (Å²) in [6, 6.07) is 21.1. The van der Waals surface area contributed by atoms with Crippen molar-refractivity contribution in [1.29, 1.82) is 0 Å². The summed E-state index contributed by atoms with van der Waals surface area (Å²) in [7, 11) is 0. The Morgan fingerprint density at radius 2 is 1.45 bits per heavy atom. The zero-order valence-electron chi connectivity index (χ0n) is 13.3. The van der Waals surface area contributed by atoms with Crippen LogP contribution in [0.5, 0.6) is 0 Å². The van der Waals surface area contributed by atoms with Crippen molar-refractivity contribution in [2.75, 3.05) is 19.8 Å². The SMILES string of the molecule is CCCOCCCNNC(c1ccccc1)c1ccccc1. The van der Waals surface area contributed by atoms with Crippen molar-refractivity contribution in [3.05, 3.63) is 71.8 Å². The minimum atomic E-state index is 0.152. The van der Waals surface area contributed by atoms with Gasteiger partial charge in [0.05, 0.1) is 6.04 Å². The minimum absolute atomic E-state index is 0.152. The molecule has 22 heavy (non-hydrogen) atoms. The highest BCUT2D eigenvalue weighted by Gasteiger charge is 2.12. The van der Waals surface area contributed by atoms with Crippen LogP contribution in [0.15, 0.2) is 60.7 Å². The Morgan fingerprint density at radius 3 is 2.00 bits per heavy atom. The zero-order valence-corrected chi connectivity index (χ0v) is 13.3. The van der Waals surface area contributed by atoms with Crippen LogP contribution in [0.3, 0.4) is 0 Å². The smallest absolute Gasteiger partial charge is 0.0712 e. The highest BCUT2D eigenvalue weighted by atomic mass is 16.5. The lowest BCUT2D eigenvalue weighted by atomic mass is 9.99. The molecule has 0 aromatic heterocycles. The van der Waals surface area contributed by atoms with E-state index in [9.17, 15) is 0 Å². The number of hydrogen-bond donors (Lipinski definition) is 2. The molecule has 0 spiro atoms. The predicted octanol–water partition coefficient (Wildman–Crippen LogP) is 3.69. The van der Waals surface area contributed by atoms with Gasteiger partial charge in [0.1, 0.15) is 0 Å². The van der Waals surface area contributed by atoms with Crippen LogP contribution in [0, 0.1) is 0 Å². The van der Waals surface area contributed by atoms with Crippen molar-refractivity contribution >= 4 is 0 Å². The first kappa shape index (κ1) is 16.7. The van der Waals surface area contributed by atoms with E-state index in [-0.39, 0.29) is 6.04 Å². The number of ether oxygens (including phenoxy) is 1. The standard InChI is InChI=1S/C19H26N2O/c1-2-15-22-16-9-14-20-21-19(17-10-5-3-6-11-17)18-12-7-4-8-13-18/h3-8,10-13,19-21H,2,9,14-16H2,1H3. The topological polar surface area (TPSA) is 33.3 Å². The number of hydrogen-bond acceptors (Lipinski definition) is 3. The van der Waals surface area contributed by atoms with Gasteiger partial charge in [0.2, 0.25) is 0 Å². The molecule has 0 atom stereocenters. The Balaban J connectivity index is 1.87. The van der Waals surface area contributed by atoms with Gasteiger partial charge in [-0.25, -0.2) is 5.43 Å². The first-order valence-electron chi connectivity index (χ1n) is 8.08. The van der Waals surface area contributed by atoms with Crippen molar-refractivity contribution in [2.45, 2.75) is 25.8 Å². The van der Waals surface area contributed by atoms with Gasteiger partial charge in [-0.2, -0.15) is 0 Å². The number of nitrogens with one attached hydrogen (secondary N) is 2. The highest BCUT2D eigenvalue weighted by molar-refractivity contribution is 5.31. The van der Waals surface area contributed by atoms with Gasteiger partial charge in [-0.3, -0.25) is 5.43 Å². The van der Waals surface area contributed by atoms with E-state index in [0.29, 0.717) is 0 Å². The Morgan fingerprint density at radius 1 is 0.864 bits per heavy atom. The predicted molar refractivity (Wildman–Crippen MR) is 91.6 cm³/mol. The van der Waals surface area contributed by atoms with Crippen LogP contribution in [-0.4, -0.2) is 19.8 Å². The van der Waals surface area contributed by atoms with E-state index in [4.69, 9.17) is 4.74 Å². The van der Waals surface area contributed by atoms with Crippen LogP contribution in [0.1, 0.15) is 36.9 Å². The Hall–Kier alpha value is -1.68. The van der Waals surface area contributed by atoms with E-state index in [2.05, 4.69) is 66.3 Å². The molecule has 2 rings (SSSR count). The summed E-state index contributed by atoms with van der Waals surface area (Å²) < 4.78 is 5.49. The summed E-state index contributed by atoms with van der Waals surface area (Å²) in [5.41, 5.74) is 9.27. The molecule has 0 fully saturated rings. The molecule has 3 heteroatoms. The summed E-state index contributed by atoms with van der Waals surface area (Å²) in [5, 5.41) is 0. The fourth-order valence-corrected chi connectivity index (χ4v) is 2.33. The Kier molecular flexibility index (Phi) is 7.67. The minimum Gasteiger partial charge on any atom is -0.381 e. The summed E-state index contributed by atoms with van der Waals surface area (Å²) in [5.74, 6) is 0. The lowest BCUT2D eigenvalue weighted by Crippen LogP contribution is -2.37. The molecule has 0 saturated heterocycles. The fraction of sp³-hybridized carbons (Fsp3) is 0.368. The molecule has 2 aromatic carbocycles. The molecular weight excluding hydrogens is 272 g/mol. The molecule has 0 aliphatic rings. The zero-order chi connectivity index (χ0) is 15.5. The van der Waals surface area contributed by atoms with E-state index in [1.807, 2.05) is 12.1 Å². The molecule has 0 heterocycles. The molecule has 0 unspecified atom stereocenters. The molecule has 0 radical (unpaired) electrons. The van der Waals surface area contributed by atoms with E-state index in [0.717, 1.165) is 32.6 Å². The van der Waals surface area contributed by atoms with Gasteiger partial charge in [0, 0.05) is 19.8 Å². The molecular formula is C19H26N2O. The largest absolute Gasteiger partial charge is 0.381 e. The third-order valence-electron chi connectivity index (χ3n) is 3.45. The molecule has 2 N–H and O–H groups in total. The second-order valence-electron chi connectivity index (χ2n) is 5.29. The number of rotatable bonds is 10. The molecule has 118 valence electrons. The summed E-state index contributed by atoms with van der Waals surface area (Å²) in [4.78, 5) is 0. The van der Waals surface area contributed by atoms with E-state index < -0.39 is 0 Å². The average molecular weight is 298 g/mol. The van der Waals surface area contributed by atoms with Gasteiger partial charge >= 0.3 is 0 Å². The summed E-state index contributed by atoms with van der Waals surface area (Å²) in [6.45, 7) is 4.68. The van der Waals surface area contributed by atoms with Gasteiger partial charge < -0.3 is 4.74 Å². The molecule has 0 saturated carbocycles. The van der Waals surface area contributed by atoms with Gasteiger partial charge in [-0.1, -0.05) is 67.6 Å². The first-order valence-corrected chi connectivity index (χ1v) is 8.08. The summed E-state index contributed by atoms with van der Waals surface area (Å²) >= 11 is 0. The lowest BCUT2D eigenvalue weighted by Gasteiger charge is -2.20. The monoisotopic (exact) mass is 298 g/mol. The Bertz CT molecular complexity index is 462. The summed E-state index contributed by atoms with van der Waals surface area (Å²) in [6.07, 6.45) is 2.08. The second-order valence-corrected chi connectivity index (χ2v) is 5.29. The van der Waals surface area contributed by atoms with E-state index >= 15 is 0 Å². The van der Waals surface area contributed by atoms with Gasteiger partial charge in [0.25, 0.3) is 0 Å². The van der Waals surface area contributed by atoms with Crippen LogP contribution in [0.2, 0.25) is 0 Å².